The van der Waals surface area contributed by atoms with Crippen molar-refractivity contribution in [3.63, 3.8) is 0 Å². The number of nitrogens with zero attached hydrogens (tertiary/aromatic N) is 4. The van der Waals surface area contributed by atoms with Gasteiger partial charge in [0.1, 0.15) is 5.92 Å². The van der Waals surface area contributed by atoms with E-state index in [-0.39, 0.29) is 6.04 Å². The van der Waals surface area contributed by atoms with Crippen LogP contribution in [-0.4, -0.2) is 31.1 Å². The van der Waals surface area contributed by atoms with Gasteiger partial charge >= 0.3 is 0 Å². The number of benzene rings is 2. The van der Waals surface area contributed by atoms with Crippen molar-refractivity contribution < 1.29 is 0 Å². The van der Waals surface area contributed by atoms with Gasteiger partial charge in [-0.25, -0.2) is 0 Å². The molecule has 1 unspecified atom stereocenters. The summed E-state index contributed by atoms with van der Waals surface area (Å²) in [6.07, 6.45) is 1.42. The number of hydrogen-bond donors (Lipinski definition) is 0. The minimum absolute atomic E-state index is 0.233. The second kappa shape index (κ2) is 9.60. The number of rotatable bonds is 6. The van der Waals surface area contributed by atoms with E-state index in [1.54, 1.807) is 0 Å². The first-order valence-corrected chi connectivity index (χ1v) is 10.1. The van der Waals surface area contributed by atoms with E-state index in [1.807, 2.05) is 12.1 Å². The van der Waals surface area contributed by atoms with E-state index >= 15 is 0 Å². The molecule has 0 radical (unpaired) electrons. The van der Waals surface area contributed by atoms with Crippen molar-refractivity contribution in [2.45, 2.75) is 25.8 Å². The zero-order chi connectivity index (χ0) is 19.9. The molecule has 1 fully saturated rings. The molecule has 0 saturated carbocycles. The van der Waals surface area contributed by atoms with Crippen molar-refractivity contribution in [2.75, 3.05) is 31.1 Å². The lowest BCUT2D eigenvalue weighted by molar-refractivity contribution is 0.173. The maximum atomic E-state index is 9.13. The van der Waals surface area contributed by atoms with Gasteiger partial charge in [0.2, 0.25) is 0 Å². The molecule has 2 aromatic carbocycles. The van der Waals surface area contributed by atoms with Crippen LogP contribution in [0.4, 0.5) is 5.69 Å². The van der Waals surface area contributed by atoms with Crippen LogP contribution in [0, 0.1) is 35.5 Å². The highest BCUT2D eigenvalue weighted by atomic mass is 35.5. The van der Waals surface area contributed by atoms with Crippen molar-refractivity contribution in [2.24, 2.45) is 5.92 Å². The molecular weight excluding hydrogens is 368 g/mol. The lowest BCUT2D eigenvalue weighted by Crippen LogP contribution is -2.47. The quantitative estimate of drug-likeness (QED) is 0.697. The summed E-state index contributed by atoms with van der Waals surface area (Å²) in [4.78, 5) is 4.87. The third-order valence-corrected chi connectivity index (χ3v) is 5.70. The van der Waals surface area contributed by atoms with E-state index in [9.17, 15) is 0 Å². The molecule has 144 valence electrons. The molecule has 28 heavy (non-hydrogen) atoms. The molecule has 1 heterocycles. The van der Waals surface area contributed by atoms with Gasteiger partial charge in [-0.1, -0.05) is 41.4 Å². The van der Waals surface area contributed by atoms with E-state index in [1.165, 1.54) is 16.8 Å². The fourth-order valence-electron chi connectivity index (χ4n) is 3.77. The second-order valence-corrected chi connectivity index (χ2v) is 7.75. The normalized spacial score (nSPS) is 15.8. The standard InChI is InChI=1S/C23H25ClN4/c1-18-2-5-20(6-3-18)23(11-4-19(16-25)17-26)28-14-12-27(13-15-28)22-9-7-21(24)8-10-22/h2-3,5-10,19,23H,4,11-15H2,1H3. The van der Waals surface area contributed by atoms with Gasteiger partial charge in [0.15, 0.2) is 0 Å². The molecule has 2 aromatic rings. The Labute approximate surface area is 172 Å². The van der Waals surface area contributed by atoms with Crippen LogP contribution in [-0.2, 0) is 0 Å². The lowest BCUT2D eigenvalue weighted by atomic mass is 9.94. The van der Waals surface area contributed by atoms with Gasteiger partial charge in [0.05, 0.1) is 12.1 Å². The molecule has 3 rings (SSSR count). The number of piperazine rings is 1. The molecule has 0 bridgehead atoms. The first-order valence-electron chi connectivity index (χ1n) is 9.71. The predicted molar refractivity (Wildman–Crippen MR) is 113 cm³/mol. The van der Waals surface area contributed by atoms with Gasteiger partial charge in [-0.15, -0.1) is 0 Å². The molecule has 0 aliphatic carbocycles. The van der Waals surface area contributed by atoms with Gasteiger partial charge in [0, 0.05) is 42.9 Å². The maximum absolute atomic E-state index is 9.13. The number of aryl methyl sites for hydroxylation is 1. The lowest BCUT2D eigenvalue weighted by Gasteiger charge is -2.40. The predicted octanol–water partition coefficient (Wildman–Crippen LogP) is 4.96. The van der Waals surface area contributed by atoms with Crippen LogP contribution in [0.15, 0.2) is 48.5 Å². The third-order valence-electron chi connectivity index (χ3n) is 5.45. The highest BCUT2D eigenvalue weighted by Crippen LogP contribution is 2.30. The summed E-state index contributed by atoms with van der Waals surface area (Å²) in [6.45, 7) is 5.88. The molecule has 0 aromatic heterocycles. The van der Waals surface area contributed by atoms with Gasteiger partial charge in [0.25, 0.3) is 0 Å². The molecule has 0 spiro atoms. The fourth-order valence-corrected chi connectivity index (χ4v) is 3.90. The average molecular weight is 393 g/mol. The molecule has 1 atom stereocenters. The van der Waals surface area contributed by atoms with E-state index < -0.39 is 5.92 Å². The van der Waals surface area contributed by atoms with E-state index in [0.717, 1.165) is 37.6 Å². The first-order chi connectivity index (χ1) is 13.6. The summed E-state index contributed by atoms with van der Waals surface area (Å²) in [5.41, 5.74) is 3.70. The SMILES string of the molecule is Cc1ccc(C(CCC(C#N)C#N)N2CCN(c3ccc(Cl)cc3)CC2)cc1. The van der Waals surface area contributed by atoms with Gasteiger partial charge in [-0.2, -0.15) is 10.5 Å². The minimum atomic E-state index is -0.539. The molecule has 5 heteroatoms. The Morgan fingerprint density at radius 3 is 2.07 bits per heavy atom. The molecule has 1 saturated heterocycles. The van der Waals surface area contributed by atoms with E-state index in [0.29, 0.717) is 6.42 Å². The fraction of sp³-hybridized carbons (Fsp3) is 0.391. The summed E-state index contributed by atoms with van der Waals surface area (Å²) in [5, 5.41) is 19.0. The van der Waals surface area contributed by atoms with Crippen LogP contribution in [0.5, 0.6) is 0 Å². The molecular formula is C23H25ClN4. The Hall–Kier alpha value is -2.53. The van der Waals surface area contributed by atoms with Crippen LogP contribution in [0.2, 0.25) is 5.02 Å². The third kappa shape index (κ3) is 5.04. The van der Waals surface area contributed by atoms with Gasteiger partial charge in [-0.05, 0) is 49.6 Å². The minimum Gasteiger partial charge on any atom is -0.369 e. The van der Waals surface area contributed by atoms with Crippen molar-refractivity contribution >= 4 is 17.3 Å². The van der Waals surface area contributed by atoms with Gasteiger partial charge in [-0.3, -0.25) is 4.90 Å². The molecule has 0 N–H and O–H groups in total. The Morgan fingerprint density at radius 1 is 0.893 bits per heavy atom. The summed E-state index contributed by atoms with van der Waals surface area (Å²) < 4.78 is 0. The summed E-state index contributed by atoms with van der Waals surface area (Å²) in [7, 11) is 0. The van der Waals surface area contributed by atoms with Crippen molar-refractivity contribution in [3.05, 3.63) is 64.7 Å². The Bertz CT molecular complexity index is 826. The summed E-state index contributed by atoms with van der Waals surface area (Å²) >= 11 is 6.01. The van der Waals surface area contributed by atoms with E-state index in [2.05, 4.69) is 65.3 Å². The molecule has 4 nitrogen and oxygen atoms in total. The highest BCUT2D eigenvalue weighted by molar-refractivity contribution is 6.30. The first kappa shape index (κ1) is 20.2. The summed E-state index contributed by atoms with van der Waals surface area (Å²) in [5.74, 6) is -0.539. The average Bonchev–Trinajstić information content (AvgIpc) is 2.73. The smallest absolute Gasteiger partial charge is 0.133 e. The van der Waals surface area contributed by atoms with Crippen molar-refractivity contribution in [1.82, 2.24) is 4.90 Å². The number of hydrogen-bond acceptors (Lipinski definition) is 4. The molecule has 1 aliphatic rings. The zero-order valence-electron chi connectivity index (χ0n) is 16.2. The Kier molecular flexibility index (Phi) is 6.93. The van der Waals surface area contributed by atoms with Crippen molar-refractivity contribution in [3.8, 4) is 12.1 Å². The van der Waals surface area contributed by atoms with Crippen LogP contribution >= 0.6 is 11.6 Å². The topological polar surface area (TPSA) is 54.1 Å². The highest BCUT2D eigenvalue weighted by Gasteiger charge is 2.26. The largest absolute Gasteiger partial charge is 0.369 e. The zero-order valence-corrected chi connectivity index (χ0v) is 16.9. The van der Waals surface area contributed by atoms with Crippen LogP contribution in [0.1, 0.15) is 30.0 Å². The molecule has 1 aliphatic heterocycles. The van der Waals surface area contributed by atoms with E-state index in [4.69, 9.17) is 22.1 Å². The van der Waals surface area contributed by atoms with Crippen LogP contribution in [0.3, 0.4) is 0 Å². The van der Waals surface area contributed by atoms with Gasteiger partial charge < -0.3 is 4.90 Å². The monoisotopic (exact) mass is 392 g/mol. The Balaban J connectivity index is 1.70. The maximum Gasteiger partial charge on any atom is 0.133 e. The number of nitriles is 2. The number of anilines is 1. The van der Waals surface area contributed by atoms with Crippen LogP contribution in [0.25, 0.3) is 0 Å². The number of halogens is 1. The molecule has 0 amide bonds. The Morgan fingerprint density at radius 2 is 1.50 bits per heavy atom. The van der Waals surface area contributed by atoms with Crippen LogP contribution < -0.4 is 4.90 Å². The summed E-state index contributed by atoms with van der Waals surface area (Å²) in [6, 6.07) is 21.1. The van der Waals surface area contributed by atoms with Crippen molar-refractivity contribution in [1.29, 1.82) is 10.5 Å². The second-order valence-electron chi connectivity index (χ2n) is 7.31.